The summed E-state index contributed by atoms with van der Waals surface area (Å²) in [6, 6.07) is 13.1. The first-order valence-corrected chi connectivity index (χ1v) is 8.58. The molecule has 0 bridgehead atoms. The average Bonchev–Trinajstić information content (AvgIpc) is 2.51. The van der Waals surface area contributed by atoms with Crippen molar-refractivity contribution in [3.05, 3.63) is 59.4 Å². The Hall–Kier alpha value is -1.72. The van der Waals surface area contributed by atoms with E-state index in [9.17, 15) is 10.3 Å². The van der Waals surface area contributed by atoms with Crippen molar-refractivity contribution in [3.8, 4) is 5.75 Å². The fourth-order valence-corrected chi connectivity index (χ4v) is 2.97. The molecule has 5 heteroatoms. The number of pyridine rings is 1. The molecule has 23 heavy (non-hydrogen) atoms. The largest absolute Gasteiger partial charge is 0.618 e. The van der Waals surface area contributed by atoms with E-state index in [1.807, 2.05) is 24.3 Å². The van der Waals surface area contributed by atoms with E-state index in [-0.39, 0.29) is 12.0 Å². The smallest absolute Gasteiger partial charge is 0.251 e. The summed E-state index contributed by atoms with van der Waals surface area (Å²) in [4.78, 5) is 0. The van der Waals surface area contributed by atoms with Crippen LogP contribution in [0.25, 0.3) is 0 Å². The van der Waals surface area contributed by atoms with Crippen LogP contribution in [0.2, 0.25) is 0 Å². The van der Waals surface area contributed by atoms with Crippen LogP contribution in [-0.2, 0) is 5.41 Å². The van der Waals surface area contributed by atoms with Gasteiger partial charge in [-0.05, 0) is 23.1 Å². The molecule has 1 atom stereocenters. The molecule has 1 heterocycles. The Labute approximate surface area is 141 Å². The number of rotatable bonds is 6. The second-order valence-corrected chi connectivity index (χ2v) is 7.43. The van der Waals surface area contributed by atoms with Crippen LogP contribution in [0.4, 0.5) is 0 Å². The number of nitrogens with zero attached hydrogens (tertiary/aromatic N) is 1. The fraction of sp³-hybridized carbons (Fsp3) is 0.389. The van der Waals surface area contributed by atoms with Crippen molar-refractivity contribution in [1.29, 1.82) is 0 Å². The van der Waals surface area contributed by atoms with E-state index in [4.69, 9.17) is 4.74 Å². The van der Waals surface area contributed by atoms with Crippen molar-refractivity contribution in [2.45, 2.75) is 37.3 Å². The summed E-state index contributed by atoms with van der Waals surface area (Å²) in [5.41, 5.74) is 1.09. The van der Waals surface area contributed by atoms with Crippen molar-refractivity contribution in [2.75, 3.05) is 12.4 Å². The first kappa shape index (κ1) is 17.6. The number of hydrogen-bond acceptors (Lipinski definition) is 4. The predicted octanol–water partition coefficient (Wildman–Crippen LogP) is 3.15. The minimum atomic E-state index is -0.645. The Morgan fingerprint density at radius 2 is 1.87 bits per heavy atom. The molecule has 0 radical (unpaired) electrons. The molecule has 0 fully saturated rings. The highest BCUT2D eigenvalue weighted by atomic mass is 32.2. The molecule has 1 N–H and O–H groups in total. The Balaban J connectivity index is 1.90. The van der Waals surface area contributed by atoms with Crippen LogP contribution in [0.15, 0.2) is 53.7 Å². The highest BCUT2D eigenvalue weighted by Gasteiger charge is 2.19. The summed E-state index contributed by atoms with van der Waals surface area (Å²) in [5, 5.41) is 22.2. The zero-order valence-electron chi connectivity index (χ0n) is 13.7. The van der Waals surface area contributed by atoms with E-state index in [2.05, 4.69) is 20.8 Å². The number of aromatic nitrogens is 1. The van der Waals surface area contributed by atoms with E-state index in [0.29, 0.717) is 10.8 Å². The number of para-hydroxylation sites is 1. The number of ether oxygens (including phenoxy) is 1. The van der Waals surface area contributed by atoms with Gasteiger partial charge in [0, 0.05) is 17.9 Å². The van der Waals surface area contributed by atoms with Crippen LogP contribution in [0.5, 0.6) is 5.75 Å². The van der Waals surface area contributed by atoms with Gasteiger partial charge < -0.3 is 15.1 Å². The van der Waals surface area contributed by atoms with Gasteiger partial charge in [-0.2, -0.15) is 4.73 Å². The van der Waals surface area contributed by atoms with Crippen molar-refractivity contribution in [1.82, 2.24) is 0 Å². The van der Waals surface area contributed by atoms with Gasteiger partial charge in [-0.3, -0.25) is 0 Å². The molecule has 1 aromatic heterocycles. The van der Waals surface area contributed by atoms with E-state index >= 15 is 0 Å². The molecule has 0 saturated carbocycles. The lowest BCUT2D eigenvalue weighted by molar-refractivity contribution is -0.645. The zero-order valence-corrected chi connectivity index (χ0v) is 14.5. The van der Waals surface area contributed by atoms with Gasteiger partial charge in [0.1, 0.15) is 12.4 Å². The van der Waals surface area contributed by atoms with Crippen LogP contribution in [0.3, 0.4) is 0 Å². The summed E-state index contributed by atoms with van der Waals surface area (Å²) in [7, 11) is 0. The minimum absolute atomic E-state index is 0.0194. The molecule has 4 nitrogen and oxygen atoms in total. The molecule has 0 aliphatic carbocycles. The molecule has 1 unspecified atom stereocenters. The molecule has 0 spiro atoms. The summed E-state index contributed by atoms with van der Waals surface area (Å²) in [5.74, 6) is 1.20. The maximum Gasteiger partial charge on any atom is 0.251 e. The number of hydrogen-bond donors (Lipinski definition) is 1. The molecule has 124 valence electrons. The molecule has 2 aromatic rings. The molecule has 2 rings (SSSR count). The maximum absolute atomic E-state index is 11.5. The second-order valence-electron chi connectivity index (χ2n) is 6.39. The molecule has 0 amide bonds. The van der Waals surface area contributed by atoms with Crippen LogP contribution < -0.4 is 9.47 Å². The Bertz CT molecular complexity index is 640. The van der Waals surface area contributed by atoms with Gasteiger partial charge in [-0.1, -0.05) is 50.7 Å². The quantitative estimate of drug-likeness (QED) is 0.501. The van der Waals surface area contributed by atoms with E-state index in [1.54, 1.807) is 18.2 Å². The second kappa shape index (κ2) is 7.70. The summed E-state index contributed by atoms with van der Waals surface area (Å²) in [6.45, 7) is 6.59. The van der Waals surface area contributed by atoms with Crippen molar-refractivity contribution < 1.29 is 14.6 Å². The lowest BCUT2D eigenvalue weighted by atomic mass is 9.86. The minimum Gasteiger partial charge on any atom is -0.618 e. The highest BCUT2D eigenvalue weighted by Crippen LogP contribution is 2.31. The topological polar surface area (TPSA) is 56.4 Å². The van der Waals surface area contributed by atoms with Gasteiger partial charge in [0.15, 0.2) is 6.20 Å². The third-order valence-electron chi connectivity index (χ3n) is 3.34. The molecule has 1 aromatic carbocycles. The monoisotopic (exact) mass is 333 g/mol. The van der Waals surface area contributed by atoms with Crippen LogP contribution in [-0.4, -0.2) is 23.6 Å². The predicted molar refractivity (Wildman–Crippen MR) is 92.8 cm³/mol. The summed E-state index contributed by atoms with van der Waals surface area (Å²) in [6.07, 6.45) is 0.804. The van der Waals surface area contributed by atoms with Gasteiger partial charge in [0.25, 0.3) is 5.03 Å². The molecular weight excluding hydrogens is 310 g/mol. The van der Waals surface area contributed by atoms with Gasteiger partial charge in [0.2, 0.25) is 0 Å². The fourth-order valence-electron chi connectivity index (χ4n) is 2.15. The Kier molecular flexibility index (Phi) is 5.91. The number of aliphatic hydroxyl groups is 1. The van der Waals surface area contributed by atoms with E-state index in [1.165, 1.54) is 18.0 Å². The molecular formula is C18H23NO3S. The Morgan fingerprint density at radius 3 is 2.57 bits per heavy atom. The number of benzene rings is 1. The zero-order chi connectivity index (χ0) is 16.9. The highest BCUT2D eigenvalue weighted by molar-refractivity contribution is 7.99. The summed E-state index contributed by atoms with van der Waals surface area (Å²) < 4.78 is 6.59. The normalized spacial score (nSPS) is 12.9. The van der Waals surface area contributed by atoms with E-state index < -0.39 is 6.10 Å². The Morgan fingerprint density at radius 1 is 1.17 bits per heavy atom. The van der Waals surface area contributed by atoms with Gasteiger partial charge >= 0.3 is 0 Å². The number of thioether (sulfide) groups is 1. The van der Waals surface area contributed by atoms with Gasteiger partial charge in [-0.15, -0.1) is 0 Å². The van der Waals surface area contributed by atoms with Crippen LogP contribution in [0.1, 0.15) is 26.3 Å². The molecule has 0 aliphatic rings. The van der Waals surface area contributed by atoms with Crippen molar-refractivity contribution in [3.63, 3.8) is 0 Å². The lowest BCUT2D eigenvalue weighted by Gasteiger charge is -2.23. The van der Waals surface area contributed by atoms with Crippen molar-refractivity contribution in [2.24, 2.45) is 0 Å². The van der Waals surface area contributed by atoms with E-state index in [0.717, 1.165) is 16.0 Å². The van der Waals surface area contributed by atoms with Crippen molar-refractivity contribution >= 4 is 11.8 Å². The molecule has 0 saturated heterocycles. The van der Waals surface area contributed by atoms with Crippen LogP contribution in [0, 0.1) is 5.21 Å². The standard InChI is InChI=1S/C18H23NO3S/c1-18(2,3)15-8-4-5-9-16(15)22-12-14(20)13-23-17-10-6-7-11-19(17)21/h4-11,14,20H,12-13H2,1-3H3. The molecule has 0 aliphatic heterocycles. The van der Waals surface area contributed by atoms with Gasteiger partial charge in [0.05, 0.1) is 6.10 Å². The van der Waals surface area contributed by atoms with Gasteiger partial charge in [-0.25, -0.2) is 0 Å². The lowest BCUT2D eigenvalue weighted by Crippen LogP contribution is -2.29. The average molecular weight is 333 g/mol. The van der Waals surface area contributed by atoms with Crippen LogP contribution >= 0.6 is 11.8 Å². The first-order chi connectivity index (χ1) is 10.9. The SMILES string of the molecule is CC(C)(C)c1ccccc1OCC(O)CSc1cccc[n+]1[O-]. The number of aliphatic hydroxyl groups excluding tert-OH is 1. The first-order valence-electron chi connectivity index (χ1n) is 7.59. The summed E-state index contributed by atoms with van der Waals surface area (Å²) >= 11 is 1.32. The third-order valence-corrected chi connectivity index (χ3v) is 4.50. The maximum atomic E-state index is 11.5. The third kappa shape index (κ3) is 5.15.